The molecule has 0 radical (unpaired) electrons. The summed E-state index contributed by atoms with van der Waals surface area (Å²) in [5, 5.41) is 8.67. The zero-order chi connectivity index (χ0) is 11.4. The molecule has 0 aliphatic heterocycles. The summed E-state index contributed by atoms with van der Waals surface area (Å²) >= 11 is 6.21. The van der Waals surface area contributed by atoms with E-state index in [0.29, 0.717) is 12.0 Å². The number of nitrogens with zero attached hydrogens (tertiary/aromatic N) is 3. The summed E-state index contributed by atoms with van der Waals surface area (Å²) in [6, 6.07) is 9.53. The van der Waals surface area contributed by atoms with Crippen molar-refractivity contribution in [3.8, 4) is 6.07 Å². The second kappa shape index (κ2) is 4.82. The molecule has 16 heavy (non-hydrogen) atoms. The van der Waals surface area contributed by atoms with Crippen LogP contribution in [0.1, 0.15) is 16.6 Å². The van der Waals surface area contributed by atoms with Crippen LogP contribution in [0, 0.1) is 11.3 Å². The van der Waals surface area contributed by atoms with Gasteiger partial charge in [0.25, 0.3) is 0 Å². The van der Waals surface area contributed by atoms with E-state index in [2.05, 4.69) is 11.1 Å². The number of halogens is 1. The standard InChI is InChI=1S/C12H10ClN3/c13-12(16-6-5-15-9-16)7-10-1-3-11(8-14)4-2-10/h1-6,9,12H,7H2. The second-order valence-electron chi connectivity index (χ2n) is 3.46. The van der Waals surface area contributed by atoms with Crippen LogP contribution in [0.25, 0.3) is 0 Å². The molecule has 0 aliphatic carbocycles. The fraction of sp³-hybridized carbons (Fsp3) is 0.167. The highest BCUT2D eigenvalue weighted by Gasteiger charge is 2.06. The van der Waals surface area contributed by atoms with Crippen LogP contribution in [0.2, 0.25) is 0 Å². The van der Waals surface area contributed by atoms with Gasteiger partial charge in [0.2, 0.25) is 0 Å². The number of rotatable bonds is 3. The van der Waals surface area contributed by atoms with Gasteiger partial charge >= 0.3 is 0 Å². The number of alkyl halides is 1. The zero-order valence-corrected chi connectivity index (χ0v) is 9.30. The van der Waals surface area contributed by atoms with Crippen molar-refractivity contribution in [3.63, 3.8) is 0 Å². The van der Waals surface area contributed by atoms with Crippen molar-refractivity contribution < 1.29 is 0 Å². The van der Waals surface area contributed by atoms with Crippen molar-refractivity contribution in [1.82, 2.24) is 9.55 Å². The lowest BCUT2D eigenvalue weighted by Gasteiger charge is -2.10. The molecule has 0 aliphatic rings. The summed E-state index contributed by atoms with van der Waals surface area (Å²) in [6.45, 7) is 0. The molecule has 0 bridgehead atoms. The molecule has 2 aromatic rings. The third-order valence-electron chi connectivity index (χ3n) is 2.34. The number of aromatic nitrogens is 2. The molecule has 0 saturated heterocycles. The molecule has 2 rings (SSSR count). The molecule has 0 N–H and O–H groups in total. The lowest BCUT2D eigenvalue weighted by atomic mass is 10.1. The van der Waals surface area contributed by atoms with E-state index >= 15 is 0 Å². The summed E-state index contributed by atoms with van der Waals surface area (Å²) in [7, 11) is 0. The SMILES string of the molecule is N#Cc1ccc(CC(Cl)n2ccnc2)cc1. The third-order valence-corrected chi connectivity index (χ3v) is 2.72. The Labute approximate surface area is 98.9 Å². The van der Waals surface area contributed by atoms with Gasteiger partial charge in [-0.3, -0.25) is 0 Å². The highest BCUT2D eigenvalue weighted by Crippen LogP contribution is 2.18. The third kappa shape index (κ3) is 2.41. The smallest absolute Gasteiger partial charge is 0.113 e. The Morgan fingerprint density at radius 3 is 2.69 bits per heavy atom. The molecule has 0 spiro atoms. The van der Waals surface area contributed by atoms with E-state index in [1.165, 1.54) is 0 Å². The molecule has 0 amide bonds. The summed E-state index contributed by atoms with van der Waals surface area (Å²) in [4.78, 5) is 3.95. The van der Waals surface area contributed by atoms with Gasteiger partial charge in [-0.1, -0.05) is 23.7 Å². The van der Waals surface area contributed by atoms with Crippen LogP contribution in [0.4, 0.5) is 0 Å². The molecular weight excluding hydrogens is 222 g/mol. The van der Waals surface area contributed by atoms with Crippen molar-refractivity contribution in [3.05, 3.63) is 54.1 Å². The number of nitriles is 1. The van der Waals surface area contributed by atoms with E-state index < -0.39 is 0 Å². The summed E-state index contributed by atoms with van der Waals surface area (Å²) in [5.74, 6) is 0. The first kappa shape index (κ1) is 10.7. The number of benzene rings is 1. The van der Waals surface area contributed by atoms with Gasteiger partial charge in [-0.05, 0) is 17.7 Å². The van der Waals surface area contributed by atoms with E-state index in [9.17, 15) is 0 Å². The highest BCUT2D eigenvalue weighted by molar-refractivity contribution is 6.19. The fourth-order valence-electron chi connectivity index (χ4n) is 1.45. The van der Waals surface area contributed by atoms with Gasteiger partial charge < -0.3 is 4.57 Å². The van der Waals surface area contributed by atoms with Crippen molar-refractivity contribution in [2.45, 2.75) is 11.9 Å². The Morgan fingerprint density at radius 2 is 2.12 bits per heavy atom. The van der Waals surface area contributed by atoms with Gasteiger partial charge in [0.1, 0.15) is 5.50 Å². The molecule has 1 atom stereocenters. The summed E-state index contributed by atoms with van der Waals surface area (Å²) in [6.07, 6.45) is 5.94. The average molecular weight is 232 g/mol. The van der Waals surface area contributed by atoms with Gasteiger partial charge in [-0.15, -0.1) is 0 Å². The quantitative estimate of drug-likeness (QED) is 0.763. The lowest BCUT2D eigenvalue weighted by Crippen LogP contribution is -2.03. The number of hydrogen-bond acceptors (Lipinski definition) is 2. The van der Waals surface area contributed by atoms with Crippen LogP contribution in [-0.2, 0) is 6.42 Å². The van der Waals surface area contributed by atoms with Crippen molar-refractivity contribution in [2.24, 2.45) is 0 Å². The first-order chi connectivity index (χ1) is 7.79. The molecule has 1 aromatic heterocycles. The zero-order valence-electron chi connectivity index (χ0n) is 8.55. The van der Waals surface area contributed by atoms with Crippen molar-refractivity contribution in [1.29, 1.82) is 5.26 Å². The van der Waals surface area contributed by atoms with E-state index in [4.69, 9.17) is 16.9 Å². The topological polar surface area (TPSA) is 41.6 Å². The van der Waals surface area contributed by atoms with Crippen LogP contribution in [0.15, 0.2) is 43.0 Å². The summed E-state index contributed by atoms with van der Waals surface area (Å²) < 4.78 is 1.85. The molecule has 4 heteroatoms. The fourth-order valence-corrected chi connectivity index (χ4v) is 1.74. The molecular formula is C12H10ClN3. The maximum absolute atomic E-state index is 8.67. The lowest BCUT2D eigenvalue weighted by molar-refractivity contribution is 0.663. The van der Waals surface area contributed by atoms with E-state index in [1.54, 1.807) is 24.7 Å². The van der Waals surface area contributed by atoms with Gasteiger partial charge in [0.15, 0.2) is 0 Å². The molecule has 0 fully saturated rings. The number of imidazole rings is 1. The second-order valence-corrected chi connectivity index (χ2v) is 3.96. The van der Waals surface area contributed by atoms with Crippen LogP contribution in [0.5, 0.6) is 0 Å². The molecule has 3 nitrogen and oxygen atoms in total. The van der Waals surface area contributed by atoms with E-state index in [-0.39, 0.29) is 5.50 Å². The average Bonchev–Trinajstić information content (AvgIpc) is 2.83. The minimum Gasteiger partial charge on any atom is -0.320 e. The first-order valence-corrected chi connectivity index (χ1v) is 5.34. The maximum atomic E-state index is 8.67. The summed E-state index contributed by atoms with van der Waals surface area (Å²) in [5.41, 5.74) is 1.63. The number of hydrogen-bond donors (Lipinski definition) is 0. The molecule has 1 unspecified atom stereocenters. The minimum atomic E-state index is -0.143. The van der Waals surface area contributed by atoms with Gasteiger partial charge in [-0.2, -0.15) is 5.26 Å². The Kier molecular flexibility index (Phi) is 3.23. The normalized spacial score (nSPS) is 12.0. The maximum Gasteiger partial charge on any atom is 0.113 e. The first-order valence-electron chi connectivity index (χ1n) is 4.90. The molecule has 1 aromatic carbocycles. The molecule has 80 valence electrons. The van der Waals surface area contributed by atoms with Crippen molar-refractivity contribution in [2.75, 3.05) is 0 Å². The van der Waals surface area contributed by atoms with E-state index in [1.807, 2.05) is 22.9 Å². The van der Waals surface area contributed by atoms with Crippen LogP contribution >= 0.6 is 11.6 Å². The van der Waals surface area contributed by atoms with Gasteiger partial charge in [0.05, 0.1) is 18.0 Å². The Bertz CT molecular complexity index is 482. The van der Waals surface area contributed by atoms with Crippen molar-refractivity contribution >= 4 is 11.6 Å². The Hall–Kier alpha value is -1.79. The van der Waals surface area contributed by atoms with Crippen LogP contribution in [-0.4, -0.2) is 9.55 Å². The minimum absolute atomic E-state index is 0.143. The van der Waals surface area contributed by atoms with Crippen LogP contribution in [0.3, 0.4) is 0 Å². The molecule has 0 saturated carbocycles. The van der Waals surface area contributed by atoms with Gasteiger partial charge in [-0.25, -0.2) is 4.98 Å². The molecule has 1 heterocycles. The van der Waals surface area contributed by atoms with E-state index in [0.717, 1.165) is 5.56 Å². The largest absolute Gasteiger partial charge is 0.320 e. The highest BCUT2D eigenvalue weighted by atomic mass is 35.5. The van der Waals surface area contributed by atoms with Gasteiger partial charge in [0, 0.05) is 18.8 Å². The predicted molar refractivity (Wildman–Crippen MR) is 62.0 cm³/mol. The predicted octanol–water partition coefficient (Wildman–Crippen LogP) is 2.73. The Balaban J connectivity index is 2.07. The monoisotopic (exact) mass is 231 g/mol. The Morgan fingerprint density at radius 1 is 1.38 bits per heavy atom. The van der Waals surface area contributed by atoms with Crippen LogP contribution < -0.4 is 0 Å².